The predicted molar refractivity (Wildman–Crippen MR) is 103 cm³/mol. The van der Waals surface area contributed by atoms with Crippen LogP contribution in [0.15, 0.2) is 60.7 Å². The molecule has 0 radical (unpaired) electrons. The predicted octanol–water partition coefficient (Wildman–Crippen LogP) is 3.60. The Morgan fingerprint density at radius 2 is 1.35 bits per heavy atom. The zero-order valence-electron chi connectivity index (χ0n) is 10.2. The second kappa shape index (κ2) is 9.59. The minimum absolute atomic E-state index is 0.530. The topological polar surface area (TPSA) is 12.9 Å². The molecule has 20 heavy (non-hydrogen) atoms. The van der Waals surface area contributed by atoms with Gasteiger partial charge in [0.05, 0.1) is 5.56 Å². The summed E-state index contributed by atoms with van der Waals surface area (Å²) in [4.78, 5) is 4.69. The van der Waals surface area contributed by atoms with Crippen LogP contribution < -0.4 is 13.3 Å². The number of aromatic nitrogens is 1. The van der Waals surface area contributed by atoms with E-state index in [1.54, 1.807) is 20.7 Å². The second-order valence-corrected chi connectivity index (χ2v) is 22.0. The Morgan fingerprint density at radius 1 is 0.850 bits per heavy atom. The summed E-state index contributed by atoms with van der Waals surface area (Å²) in [6.45, 7) is 0. The molecule has 0 N–H and O–H groups in total. The average Bonchev–Trinajstić information content (AvgIpc) is 3.00. The fourth-order valence-corrected chi connectivity index (χ4v) is 3.81. The van der Waals surface area contributed by atoms with Crippen molar-refractivity contribution in [2.45, 2.75) is 0 Å². The van der Waals surface area contributed by atoms with Gasteiger partial charge in [0.15, 0.2) is 15.3 Å². The van der Waals surface area contributed by atoms with Crippen LogP contribution in [-0.2, 0) is 0 Å². The normalized spacial score (nSPS) is 9.90. The largest absolute Gasteiger partial charge is 0.348 e. The van der Waals surface area contributed by atoms with Crippen LogP contribution in [0.25, 0.3) is 21.1 Å². The number of rotatable bonds is 2. The maximum Gasteiger partial charge on any atom is 0.348 e. The minimum Gasteiger partial charge on any atom is -0.175 e. The summed E-state index contributed by atoms with van der Waals surface area (Å²) < 4.78 is 0. The van der Waals surface area contributed by atoms with Gasteiger partial charge in [-0.3, -0.25) is 0 Å². The van der Waals surface area contributed by atoms with E-state index in [1.807, 2.05) is 36.4 Å². The molecule has 0 saturated heterocycles. The van der Waals surface area contributed by atoms with Crippen molar-refractivity contribution in [2.24, 2.45) is 0 Å². The van der Waals surface area contributed by atoms with Gasteiger partial charge in [0, 0.05) is 5.56 Å². The molecule has 0 fully saturated rings. The zero-order chi connectivity index (χ0) is 14.2. The molecule has 1 heterocycles. The molecule has 0 saturated carbocycles. The first-order valence-electron chi connectivity index (χ1n) is 5.63. The van der Waals surface area contributed by atoms with Crippen molar-refractivity contribution in [1.29, 1.82) is 0 Å². The van der Waals surface area contributed by atoms with E-state index < -0.39 is 0 Å². The van der Waals surface area contributed by atoms with Gasteiger partial charge in [0.2, 0.25) is 0 Å². The molecule has 0 amide bonds. The molecule has 104 valence electrons. The van der Waals surface area contributed by atoms with Gasteiger partial charge in [0.1, 0.15) is 0 Å². The molecule has 0 spiro atoms. The van der Waals surface area contributed by atoms with Crippen LogP contribution in [0.1, 0.15) is 0 Å². The van der Waals surface area contributed by atoms with Gasteiger partial charge in [-0.1, -0.05) is 48.5 Å². The van der Waals surface area contributed by atoms with Crippen molar-refractivity contribution in [3.8, 4) is 21.1 Å². The molecule has 0 unspecified atom stereocenters. The van der Waals surface area contributed by atoms with Crippen LogP contribution in [0.4, 0.5) is 0 Å². The zero-order valence-corrected chi connectivity index (χ0v) is 18.3. The maximum atomic E-state index is 4.69. The molecule has 0 aliphatic rings. The molecule has 6 heteroatoms. The minimum atomic E-state index is 0.530. The summed E-state index contributed by atoms with van der Waals surface area (Å²) in [7, 11) is 3.46. The van der Waals surface area contributed by atoms with Gasteiger partial charge in [-0.15, -0.1) is 0 Å². The first-order chi connectivity index (χ1) is 9.85. The van der Waals surface area contributed by atoms with Crippen molar-refractivity contribution < 1.29 is 13.3 Å². The molecule has 3 rings (SSSR count). The van der Waals surface area contributed by atoms with E-state index in [4.69, 9.17) is 0 Å². The first kappa shape index (κ1) is 17.0. The molecule has 0 aliphatic carbocycles. The molecule has 2 aromatic carbocycles. The van der Waals surface area contributed by atoms with Crippen LogP contribution >= 0.6 is 57.9 Å². The van der Waals surface area contributed by atoms with Gasteiger partial charge in [-0.2, -0.15) is 4.98 Å². The van der Waals surface area contributed by atoms with E-state index in [0.29, 0.717) is 13.3 Å². The van der Waals surface area contributed by atoms with E-state index in [-0.39, 0.29) is 0 Å². The number of nitrogens with zero attached hydrogens (tertiary/aromatic N) is 1. The van der Waals surface area contributed by atoms with Crippen LogP contribution in [0.5, 0.6) is 0 Å². The monoisotopic (exact) mass is 637 g/mol. The molecular weight excluding hydrogens is 627 g/mol. The Kier molecular flexibility index (Phi) is 8.14. The van der Waals surface area contributed by atoms with Crippen LogP contribution in [0, 0.1) is 0 Å². The third-order valence-corrected chi connectivity index (χ3v) is 4.69. The molecule has 1 nitrogen and oxygen atoms in total. The van der Waals surface area contributed by atoms with E-state index in [1.165, 1.54) is 11.1 Å². The van der Waals surface area contributed by atoms with Crippen molar-refractivity contribution in [3.05, 3.63) is 60.7 Å². The van der Waals surface area contributed by atoms with Gasteiger partial charge in [-0.25, -0.2) is 0 Å². The first-order valence-corrected chi connectivity index (χ1v) is 20.4. The number of halogens is 3. The van der Waals surface area contributed by atoms with Crippen LogP contribution in [-0.4, -0.2) is 4.98 Å². The quantitative estimate of drug-likeness (QED) is 0.238. The number of hydrogen-bond acceptors (Lipinski definition) is 2. The molecule has 3 aromatic rings. The Hall–Kier alpha value is 0.610. The fourth-order valence-electron chi connectivity index (χ4n) is 1.60. The Morgan fingerprint density at radius 3 is 1.90 bits per heavy atom. The third kappa shape index (κ3) is 5.11. The average molecular weight is 637 g/mol. The SMILES string of the molecule is I[I-]I.c1ccc(-c2nc(-c3ccccc3)[s+]s2)cc1. The number of benzene rings is 2. The third-order valence-electron chi connectivity index (χ3n) is 2.44. The van der Waals surface area contributed by atoms with Crippen LogP contribution in [0.3, 0.4) is 0 Å². The van der Waals surface area contributed by atoms with Gasteiger partial charge in [0.25, 0.3) is 0 Å². The smallest absolute Gasteiger partial charge is 0.175 e. The van der Waals surface area contributed by atoms with Crippen LogP contribution in [0.2, 0.25) is 0 Å². The van der Waals surface area contributed by atoms with Crippen molar-refractivity contribution >= 4 is 57.9 Å². The van der Waals surface area contributed by atoms with E-state index in [2.05, 4.69) is 66.5 Å². The molecular formula is C14H10I3NS2. The summed E-state index contributed by atoms with van der Waals surface area (Å²) in [5.41, 5.74) is 2.38. The molecule has 0 bridgehead atoms. The van der Waals surface area contributed by atoms with E-state index >= 15 is 0 Å². The van der Waals surface area contributed by atoms with Gasteiger partial charge >= 0.3 is 65.8 Å². The Labute approximate surface area is 155 Å². The Balaban J connectivity index is 0.000000452. The molecule has 0 aliphatic heterocycles. The second-order valence-electron chi connectivity index (χ2n) is 3.67. The Bertz CT molecular complexity index is 575. The standard InChI is InChI=1S/C14H10NS2.I3/c1-3-7-11(8-4-1)13-15-14(17-16-13)12-9-5-2-6-10-12;1-3-2/h1-10H;/q+1;-1. The van der Waals surface area contributed by atoms with Crippen molar-refractivity contribution in [1.82, 2.24) is 4.98 Å². The molecule has 0 atom stereocenters. The van der Waals surface area contributed by atoms with Gasteiger partial charge < -0.3 is 0 Å². The van der Waals surface area contributed by atoms with E-state index in [9.17, 15) is 0 Å². The summed E-state index contributed by atoms with van der Waals surface area (Å²) >= 11 is 5.30. The van der Waals surface area contributed by atoms with Crippen molar-refractivity contribution in [3.63, 3.8) is 0 Å². The summed E-state index contributed by atoms with van der Waals surface area (Å²) in [5.74, 6) is 0. The summed E-state index contributed by atoms with van der Waals surface area (Å²) in [6, 6.07) is 20.6. The summed E-state index contributed by atoms with van der Waals surface area (Å²) in [6.07, 6.45) is 0. The fraction of sp³-hybridized carbons (Fsp3) is 0. The van der Waals surface area contributed by atoms with Gasteiger partial charge in [-0.05, 0) is 12.1 Å². The van der Waals surface area contributed by atoms with Crippen molar-refractivity contribution in [2.75, 3.05) is 0 Å². The summed E-state index contributed by atoms with van der Waals surface area (Å²) in [5, 5.41) is 2.18. The number of hydrogen-bond donors (Lipinski definition) is 0. The maximum absolute atomic E-state index is 4.69. The van der Waals surface area contributed by atoms with E-state index in [0.717, 1.165) is 10.0 Å². The molecule has 1 aromatic heterocycles.